The summed E-state index contributed by atoms with van der Waals surface area (Å²) in [5.41, 5.74) is 1.12. The van der Waals surface area contributed by atoms with Crippen LogP contribution >= 0.6 is 0 Å². The summed E-state index contributed by atoms with van der Waals surface area (Å²) in [5.74, 6) is 0.653. The summed E-state index contributed by atoms with van der Waals surface area (Å²) in [6.45, 7) is 4.83. The Morgan fingerprint density at radius 1 is 1.42 bits per heavy atom. The molecule has 3 unspecified atom stereocenters. The summed E-state index contributed by atoms with van der Waals surface area (Å²) in [4.78, 5) is 4.36. The van der Waals surface area contributed by atoms with Crippen LogP contribution in [0.15, 0.2) is 23.2 Å². The number of nitrogens with zero attached hydrogens (tertiary/aromatic N) is 1. The second-order valence-electron chi connectivity index (χ2n) is 7.30. The van der Waals surface area contributed by atoms with Crippen molar-refractivity contribution in [2.24, 2.45) is 10.4 Å². The zero-order chi connectivity index (χ0) is 18.7. The van der Waals surface area contributed by atoms with Gasteiger partial charge in [0.2, 0.25) is 0 Å². The number of rotatable bonds is 6. The minimum Gasteiger partial charge on any atom is -0.494 e. The van der Waals surface area contributed by atoms with E-state index in [1.807, 2.05) is 13.0 Å². The Labute approximate surface area is 155 Å². The number of methoxy groups -OCH3 is 1. The number of guanidine groups is 1. The second kappa shape index (κ2) is 7.82. The fourth-order valence-electron chi connectivity index (χ4n) is 4.22. The van der Waals surface area contributed by atoms with E-state index in [-0.39, 0.29) is 23.0 Å². The van der Waals surface area contributed by atoms with Crippen LogP contribution in [0.1, 0.15) is 51.1 Å². The van der Waals surface area contributed by atoms with Crippen molar-refractivity contribution in [2.45, 2.75) is 57.7 Å². The first-order valence-electron chi connectivity index (χ1n) is 9.49. The lowest BCUT2D eigenvalue weighted by atomic mass is 9.51. The lowest BCUT2D eigenvalue weighted by molar-refractivity contribution is -0.168. The van der Waals surface area contributed by atoms with E-state index in [9.17, 15) is 4.39 Å². The van der Waals surface area contributed by atoms with E-state index in [2.05, 4.69) is 22.5 Å². The van der Waals surface area contributed by atoms with Crippen molar-refractivity contribution >= 4 is 5.96 Å². The number of aliphatic imine (C=N–C) groups is 1. The predicted molar refractivity (Wildman–Crippen MR) is 101 cm³/mol. The van der Waals surface area contributed by atoms with E-state index in [0.717, 1.165) is 24.6 Å². The van der Waals surface area contributed by atoms with Crippen molar-refractivity contribution in [3.8, 4) is 5.75 Å². The van der Waals surface area contributed by atoms with Gasteiger partial charge in [-0.1, -0.05) is 12.5 Å². The maximum Gasteiger partial charge on any atom is 0.191 e. The van der Waals surface area contributed by atoms with Gasteiger partial charge in [0, 0.05) is 25.1 Å². The van der Waals surface area contributed by atoms with Crippen LogP contribution in [-0.2, 0) is 4.74 Å². The van der Waals surface area contributed by atoms with E-state index in [1.165, 1.54) is 32.4 Å². The smallest absolute Gasteiger partial charge is 0.191 e. The van der Waals surface area contributed by atoms with Crippen LogP contribution in [0.5, 0.6) is 5.75 Å². The molecule has 0 aliphatic heterocycles. The molecular formula is C20H30FN3O2. The van der Waals surface area contributed by atoms with Gasteiger partial charge in [0.05, 0.1) is 19.3 Å². The van der Waals surface area contributed by atoms with Crippen LogP contribution < -0.4 is 15.4 Å². The van der Waals surface area contributed by atoms with Crippen molar-refractivity contribution in [2.75, 3.05) is 20.8 Å². The SMILES string of the molecule is CCOC1CC(NC(=NC)NC(C)c2ccc(OC)c(F)c2)C12CCC2. The highest BCUT2D eigenvalue weighted by Crippen LogP contribution is 2.57. The van der Waals surface area contributed by atoms with Gasteiger partial charge in [-0.3, -0.25) is 4.99 Å². The highest BCUT2D eigenvalue weighted by Gasteiger charge is 2.59. The normalized spacial score (nSPS) is 25.2. The Hall–Kier alpha value is -1.82. The van der Waals surface area contributed by atoms with Gasteiger partial charge in [-0.15, -0.1) is 0 Å². The number of ether oxygens (including phenoxy) is 2. The van der Waals surface area contributed by atoms with Gasteiger partial charge in [0.15, 0.2) is 17.5 Å². The zero-order valence-corrected chi connectivity index (χ0v) is 16.1. The summed E-state index contributed by atoms with van der Waals surface area (Å²) >= 11 is 0. The van der Waals surface area contributed by atoms with Crippen LogP contribution in [0, 0.1) is 11.2 Å². The Kier molecular flexibility index (Phi) is 5.70. The largest absolute Gasteiger partial charge is 0.494 e. The first-order chi connectivity index (χ1) is 12.5. The number of hydrogen-bond donors (Lipinski definition) is 2. The summed E-state index contributed by atoms with van der Waals surface area (Å²) in [7, 11) is 3.23. The van der Waals surface area contributed by atoms with E-state index in [1.54, 1.807) is 13.1 Å². The van der Waals surface area contributed by atoms with Gasteiger partial charge in [-0.2, -0.15) is 0 Å². The number of hydrogen-bond acceptors (Lipinski definition) is 3. The first-order valence-corrected chi connectivity index (χ1v) is 9.49. The summed E-state index contributed by atoms with van der Waals surface area (Å²) in [5, 5.41) is 6.93. The molecule has 2 aliphatic carbocycles. The summed E-state index contributed by atoms with van der Waals surface area (Å²) < 4.78 is 24.9. The maximum absolute atomic E-state index is 14.0. The Bertz CT molecular complexity index is 660. The Balaban J connectivity index is 1.61. The molecule has 5 nitrogen and oxygen atoms in total. The highest BCUT2D eigenvalue weighted by molar-refractivity contribution is 5.80. The van der Waals surface area contributed by atoms with Crippen LogP contribution in [0.2, 0.25) is 0 Å². The van der Waals surface area contributed by atoms with Gasteiger partial charge in [0.1, 0.15) is 0 Å². The van der Waals surface area contributed by atoms with E-state index < -0.39 is 0 Å². The van der Waals surface area contributed by atoms with E-state index in [0.29, 0.717) is 12.1 Å². The fraction of sp³-hybridized carbons (Fsp3) is 0.650. The Morgan fingerprint density at radius 3 is 2.73 bits per heavy atom. The third-order valence-electron chi connectivity index (χ3n) is 6.00. The third kappa shape index (κ3) is 3.39. The Morgan fingerprint density at radius 2 is 2.19 bits per heavy atom. The predicted octanol–water partition coefficient (Wildman–Crippen LogP) is 3.41. The third-order valence-corrected chi connectivity index (χ3v) is 6.00. The lowest BCUT2D eigenvalue weighted by Gasteiger charge is -2.61. The molecule has 26 heavy (non-hydrogen) atoms. The van der Waals surface area contributed by atoms with Crippen LogP contribution in [0.25, 0.3) is 0 Å². The molecule has 1 aromatic carbocycles. The first kappa shape index (κ1) is 19.0. The number of halogens is 1. The molecule has 1 spiro atoms. The molecule has 0 saturated heterocycles. The average Bonchev–Trinajstić information content (AvgIpc) is 2.58. The molecule has 0 bridgehead atoms. The molecule has 0 amide bonds. The van der Waals surface area contributed by atoms with Crippen LogP contribution in [0.4, 0.5) is 4.39 Å². The molecule has 2 aliphatic rings. The van der Waals surface area contributed by atoms with Crippen LogP contribution in [0.3, 0.4) is 0 Å². The monoisotopic (exact) mass is 363 g/mol. The molecule has 1 aromatic rings. The quantitative estimate of drug-likeness (QED) is 0.601. The van der Waals surface area contributed by atoms with Crippen LogP contribution in [-0.4, -0.2) is 38.9 Å². The summed E-state index contributed by atoms with van der Waals surface area (Å²) in [6, 6.07) is 5.35. The molecule has 0 heterocycles. The molecule has 3 rings (SSSR count). The molecule has 144 valence electrons. The van der Waals surface area contributed by atoms with E-state index in [4.69, 9.17) is 9.47 Å². The van der Waals surface area contributed by atoms with Crippen molar-refractivity contribution in [1.82, 2.24) is 10.6 Å². The van der Waals surface area contributed by atoms with E-state index >= 15 is 0 Å². The molecular weight excluding hydrogens is 333 g/mol. The minimum atomic E-state index is -0.353. The minimum absolute atomic E-state index is 0.0679. The topological polar surface area (TPSA) is 54.9 Å². The van der Waals surface area contributed by atoms with Gasteiger partial charge in [0.25, 0.3) is 0 Å². The summed E-state index contributed by atoms with van der Waals surface area (Å²) in [6.07, 6.45) is 5.08. The van der Waals surface area contributed by atoms with Gasteiger partial charge < -0.3 is 20.1 Å². The average molecular weight is 363 g/mol. The van der Waals surface area contributed by atoms with Crippen molar-refractivity contribution in [3.05, 3.63) is 29.6 Å². The van der Waals surface area contributed by atoms with Gasteiger partial charge in [-0.25, -0.2) is 4.39 Å². The van der Waals surface area contributed by atoms with Crippen molar-refractivity contribution < 1.29 is 13.9 Å². The highest BCUT2D eigenvalue weighted by atomic mass is 19.1. The molecule has 2 saturated carbocycles. The standard InChI is InChI=1S/C20H30FN3O2/c1-5-26-18-12-17(20(18)9-6-10-20)24-19(22-3)23-13(2)14-7-8-16(25-4)15(21)11-14/h7-8,11,13,17-18H,5-6,9-10,12H2,1-4H3,(H2,22,23,24). The zero-order valence-electron chi connectivity index (χ0n) is 16.1. The number of benzene rings is 1. The fourth-order valence-corrected chi connectivity index (χ4v) is 4.22. The molecule has 6 heteroatoms. The van der Waals surface area contributed by atoms with Gasteiger partial charge in [-0.05, 0) is 50.8 Å². The second-order valence-corrected chi connectivity index (χ2v) is 7.30. The maximum atomic E-state index is 14.0. The molecule has 0 aromatic heterocycles. The van der Waals surface area contributed by atoms with Crippen molar-refractivity contribution in [3.63, 3.8) is 0 Å². The number of nitrogens with one attached hydrogen (secondary N) is 2. The molecule has 2 fully saturated rings. The molecule has 3 atom stereocenters. The lowest BCUT2D eigenvalue weighted by Crippen LogP contribution is -2.68. The van der Waals surface area contributed by atoms with Crippen molar-refractivity contribution in [1.29, 1.82) is 0 Å². The molecule has 0 radical (unpaired) electrons. The molecule has 2 N–H and O–H groups in total. The van der Waals surface area contributed by atoms with Gasteiger partial charge >= 0.3 is 0 Å².